The van der Waals surface area contributed by atoms with Gasteiger partial charge in [-0.15, -0.1) is 0 Å². The fourth-order valence-corrected chi connectivity index (χ4v) is 1.30. The molecule has 0 aromatic carbocycles. The second-order valence-electron chi connectivity index (χ2n) is 4.11. The first-order chi connectivity index (χ1) is 6.03. The molecular weight excluding hydrogens is 199 g/mol. The number of hydrogen-bond donors (Lipinski definition) is 2. The van der Waals surface area contributed by atoms with Gasteiger partial charge in [-0.05, 0) is 11.8 Å². The van der Waals surface area contributed by atoms with Crippen molar-refractivity contribution in [1.82, 2.24) is 0 Å². The van der Waals surface area contributed by atoms with Gasteiger partial charge in [0.25, 0.3) is 0 Å². The molecule has 3 N–H and O–H groups in total. The SMILES string of the molecule is CC(C)(CC(N)C(=O)O)CC(F)(F)F. The Labute approximate surface area is 80.1 Å². The average molecular weight is 213 g/mol. The molecule has 0 spiro atoms. The van der Waals surface area contributed by atoms with Gasteiger partial charge in [-0.2, -0.15) is 13.2 Å². The van der Waals surface area contributed by atoms with Crippen LogP contribution in [-0.4, -0.2) is 23.3 Å². The van der Waals surface area contributed by atoms with Crippen molar-refractivity contribution in [3.8, 4) is 0 Å². The van der Waals surface area contributed by atoms with Gasteiger partial charge < -0.3 is 10.8 Å². The summed E-state index contributed by atoms with van der Waals surface area (Å²) in [5.74, 6) is -1.28. The van der Waals surface area contributed by atoms with Crippen molar-refractivity contribution in [3.05, 3.63) is 0 Å². The summed E-state index contributed by atoms with van der Waals surface area (Å²) in [5, 5.41) is 8.44. The maximum atomic E-state index is 12.0. The van der Waals surface area contributed by atoms with E-state index < -0.39 is 30.0 Å². The number of carbonyl (C=O) groups is 1. The van der Waals surface area contributed by atoms with Crippen molar-refractivity contribution >= 4 is 5.97 Å². The molecule has 6 heteroatoms. The lowest BCUT2D eigenvalue weighted by atomic mass is 9.82. The highest BCUT2D eigenvalue weighted by atomic mass is 19.4. The van der Waals surface area contributed by atoms with Crippen LogP contribution in [0.1, 0.15) is 26.7 Å². The lowest BCUT2D eigenvalue weighted by Gasteiger charge is -2.27. The standard InChI is InChI=1S/C8H14F3NO2/c1-7(2,4-8(9,10)11)3-5(12)6(13)14/h5H,3-4,12H2,1-2H3,(H,13,14). The van der Waals surface area contributed by atoms with E-state index in [9.17, 15) is 18.0 Å². The Bertz CT molecular complexity index is 213. The van der Waals surface area contributed by atoms with Crippen molar-refractivity contribution in [2.45, 2.75) is 38.9 Å². The van der Waals surface area contributed by atoms with Gasteiger partial charge in [-0.1, -0.05) is 13.8 Å². The van der Waals surface area contributed by atoms with Crippen LogP contribution >= 0.6 is 0 Å². The molecule has 0 radical (unpaired) electrons. The van der Waals surface area contributed by atoms with E-state index in [1.807, 2.05) is 0 Å². The van der Waals surface area contributed by atoms with E-state index in [0.29, 0.717) is 0 Å². The lowest BCUT2D eigenvalue weighted by Crippen LogP contribution is -2.36. The number of rotatable bonds is 4. The summed E-state index contributed by atoms with van der Waals surface area (Å²) in [5.41, 5.74) is 4.01. The number of hydrogen-bond acceptors (Lipinski definition) is 2. The maximum Gasteiger partial charge on any atom is 0.389 e. The van der Waals surface area contributed by atoms with Gasteiger partial charge in [0, 0.05) is 6.42 Å². The number of carboxylic acid groups (broad SMARTS) is 1. The van der Waals surface area contributed by atoms with Crippen LogP contribution in [0.2, 0.25) is 0 Å². The quantitative estimate of drug-likeness (QED) is 0.748. The Morgan fingerprint density at radius 3 is 2.14 bits per heavy atom. The molecule has 0 aliphatic rings. The Kier molecular flexibility index (Phi) is 3.93. The van der Waals surface area contributed by atoms with Crippen LogP contribution in [0.3, 0.4) is 0 Å². The molecule has 14 heavy (non-hydrogen) atoms. The molecule has 0 bridgehead atoms. The van der Waals surface area contributed by atoms with Crippen molar-refractivity contribution in [1.29, 1.82) is 0 Å². The Morgan fingerprint density at radius 2 is 1.86 bits per heavy atom. The number of aliphatic carboxylic acids is 1. The number of alkyl halides is 3. The van der Waals surface area contributed by atoms with Crippen molar-refractivity contribution in [2.24, 2.45) is 11.1 Å². The molecule has 1 atom stereocenters. The second kappa shape index (κ2) is 4.16. The predicted molar refractivity (Wildman–Crippen MR) is 44.7 cm³/mol. The van der Waals surface area contributed by atoms with E-state index in [1.54, 1.807) is 0 Å². The van der Waals surface area contributed by atoms with E-state index >= 15 is 0 Å². The Hall–Kier alpha value is -0.780. The zero-order valence-electron chi connectivity index (χ0n) is 8.06. The summed E-state index contributed by atoms with van der Waals surface area (Å²) in [7, 11) is 0. The number of halogens is 3. The average Bonchev–Trinajstić information content (AvgIpc) is 1.78. The minimum Gasteiger partial charge on any atom is -0.480 e. The molecule has 3 nitrogen and oxygen atoms in total. The third-order valence-corrected chi connectivity index (χ3v) is 1.77. The van der Waals surface area contributed by atoms with Crippen LogP contribution < -0.4 is 5.73 Å². The summed E-state index contributed by atoms with van der Waals surface area (Å²) >= 11 is 0. The molecule has 0 aliphatic heterocycles. The van der Waals surface area contributed by atoms with Gasteiger partial charge in [0.05, 0.1) is 0 Å². The summed E-state index contributed by atoms with van der Waals surface area (Å²) in [6, 6.07) is -1.24. The summed E-state index contributed by atoms with van der Waals surface area (Å²) in [4.78, 5) is 10.3. The lowest BCUT2D eigenvalue weighted by molar-refractivity contribution is -0.158. The predicted octanol–water partition coefficient (Wildman–Crippen LogP) is 1.77. The van der Waals surface area contributed by atoms with Gasteiger partial charge in [-0.25, -0.2) is 0 Å². The van der Waals surface area contributed by atoms with E-state index in [4.69, 9.17) is 10.8 Å². The topological polar surface area (TPSA) is 63.3 Å². The number of nitrogens with two attached hydrogens (primary N) is 1. The molecule has 0 aliphatic carbocycles. The molecule has 0 heterocycles. The molecule has 0 fully saturated rings. The zero-order valence-corrected chi connectivity index (χ0v) is 8.06. The van der Waals surface area contributed by atoms with Crippen LogP contribution in [0.4, 0.5) is 13.2 Å². The van der Waals surface area contributed by atoms with Crippen LogP contribution in [0, 0.1) is 5.41 Å². The van der Waals surface area contributed by atoms with Gasteiger partial charge in [-0.3, -0.25) is 4.79 Å². The van der Waals surface area contributed by atoms with Crippen LogP contribution in [0.25, 0.3) is 0 Å². The van der Waals surface area contributed by atoms with Crippen molar-refractivity contribution < 1.29 is 23.1 Å². The van der Waals surface area contributed by atoms with E-state index in [0.717, 1.165) is 0 Å². The molecule has 0 saturated carbocycles. The molecule has 0 aromatic rings. The Balaban J connectivity index is 4.27. The minimum atomic E-state index is -4.29. The first kappa shape index (κ1) is 13.2. The fourth-order valence-electron chi connectivity index (χ4n) is 1.30. The van der Waals surface area contributed by atoms with Crippen LogP contribution in [0.5, 0.6) is 0 Å². The van der Waals surface area contributed by atoms with Crippen molar-refractivity contribution in [3.63, 3.8) is 0 Å². The number of carboxylic acids is 1. The van der Waals surface area contributed by atoms with E-state index in [1.165, 1.54) is 13.8 Å². The smallest absolute Gasteiger partial charge is 0.389 e. The van der Waals surface area contributed by atoms with Crippen LogP contribution in [0.15, 0.2) is 0 Å². The fraction of sp³-hybridized carbons (Fsp3) is 0.875. The van der Waals surface area contributed by atoms with Gasteiger partial charge >= 0.3 is 12.1 Å². The molecule has 0 rings (SSSR count). The van der Waals surface area contributed by atoms with Crippen molar-refractivity contribution in [2.75, 3.05) is 0 Å². The zero-order chi connectivity index (χ0) is 11.6. The van der Waals surface area contributed by atoms with Gasteiger partial charge in [0.15, 0.2) is 0 Å². The molecule has 0 aromatic heterocycles. The summed E-state index contributed by atoms with van der Waals surface area (Å²) < 4.78 is 36.0. The maximum absolute atomic E-state index is 12.0. The van der Waals surface area contributed by atoms with E-state index in [-0.39, 0.29) is 6.42 Å². The Morgan fingerprint density at radius 1 is 1.43 bits per heavy atom. The third kappa shape index (κ3) is 5.80. The first-order valence-electron chi connectivity index (χ1n) is 4.09. The highest BCUT2D eigenvalue weighted by molar-refractivity contribution is 5.73. The highest BCUT2D eigenvalue weighted by Crippen LogP contribution is 2.36. The molecule has 1 unspecified atom stereocenters. The van der Waals surface area contributed by atoms with Gasteiger partial charge in [0.2, 0.25) is 0 Å². The van der Waals surface area contributed by atoms with Crippen LogP contribution in [-0.2, 0) is 4.79 Å². The molecule has 84 valence electrons. The second-order valence-corrected chi connectivity index (χ2v) is 4.11. The highest BCUT2D eigenvalue weighted by Gasteiger charge is 2.38. The minimum absolute atomic E-state index is 0.193. The first-order valence-corrected chi connectivity index (χ1v) is 4.09. The summed E-state index contributed by atoms with van der Waals surface area (Å²) in [6.45, 7) is 2.70. The normalized spacial score (nSPS) is 15.3. The largest absolute Gasteiger partial charge is 0.480 e. The monoisotopic (exact) mass is 213 g/mol. The molecule has 0 saturated heterocycles. The molecule has 0 amide bonds. The summed E-state index contributed by atoms with van der Waals surface area (Å²) in [6.07, 6.45) is -5.51. The van der Waals surface area contributed by atoms with E-state index in [2.05, 4.69) is 0 Å². The molecular formula is C8H14F3NO2. The van der Waals surface area contributed by atoms with Gasteiger partial charge in [0.1, 0.15) is 6.04 Å². The third-order valence-electron chi connectivity index (χ3n) is 1.77.